The largest absolute Gasteiger partial charge is 0.464 e. The molecule has 3 aromatic carbocycles. The molecule has 2 atom stereocenters. The number of amides is 2. The van der Waals surface area contributed by atoms with E-state index in [0.717, 1.165) is 5.56 Å². The summed E-state index contributed by atoms with van der Waals surface area (Å²) in [5.41, 5.74) is 8.35. The molecule has 8 nitrogen and oxygen atoms in total. The zero-order chi connectivity index (χ0) is 26.4. The number of para-hydroxylation sites is 1. The first kappa shape index (κ1) is 25.7. The van der Waals surface area contributed by atoms with Crippen molar-refractivity contribution in [1.82, 2.24) is 5.32 Å². The van der Waals surface area contributed by atoms with Crippen molar-refractivity contribution in [2.45, 2.75) is 25.6 Å². The Hall–Kier alpha value is -4.37. The van der Waals surface area contributed by atoms with Gasteiger partial charge in [0.15, 0.2) is 0 Å². The van der Waals surface area contributed by atoms with Crippen LogP contribution in [-0.2, 0) is 25.5 Å². The Balaban J connectivity index is 1.71. The van der Waals surface area contributed by atoms with Crippen LogP contribution in [0.1, 0.15) is 23.6 Å². The number of carbonyl (C=O) groups excluding carboxylic acids is 3. The highest BCUT2D eigenvalue weighted by atomic mass is 19.1. The highest BCUT2D eigenvalue weighted by Crippen LogP contribution is 2.29. The molecule has 0 spiro atoms. The lowest BCUT2D eigenvalue weighted by atomic mass is 10.00. The number of benzodiazepines with no additional fused rings is 1. The zero-order valence-electron chi connectivity index (χ0n) is 20.3. The van der Waals surface area contributed by atoms with Gasteiger partial charge in [0, 0.05) is 18.1 Å². The lowest BCUT2D eigenvalue weighted by molar-refractivity contribution is -0.141. The van der Waals surface area contributed by atoms with Crippen molar-refractivity contribution in [3.8, 4) is 0 Å². The highest BCUT2D eigenvalue weighted by molar-refractivity contribution is 6.20. The first-order valence-electron chi connectivity index (χ1n) is 11.8. The SMILES string of the molecule is CC(=O)OCCN1C(=O)[C@H](NC(=O)[C@@H](N)Cc2ccccc2)N=C(c2ccccc2F)c2ccccc21. The predicted molar refractivity (Wildman–Crippen MR) is 138 cm³/mol. The summed E-state index contributed by atoms with van der Waals surface area (Å²) in [6.07, 6.45) is -1.12. The van der Waals surface area contributed by atoms with Crippen molar-refractivity contribution in [3.63, 3.8) is 0 Å². The standard InChI is InChI=1S/C28H27FN4O4/c1-18(34)37-16-15-33-24-14-8-6-12-21(24)25(20-11-5-7-13-22(20)29)31-26(28(33)36)32-27(35)23(30)17-19-9-3-2-4-10-19/h2-14,23,26H,15-17,30H2,1H3,(H,32,35)/t23-,26-/m0/s1. The predicted octanol–water partition coefficient (Wildman–Crippen LogP) is 2.59. The minimum absolute atomic E-state index is 0.0118. The molecule has 0 aliphatic carbocycles. The first-order valence-corrected chi connectivity index (χ1v) is 11.8. The third kappa shape index (κ3) is 6.07. The van der Waals surface area contributed by atoms with Crippen LogP contribution in [0, 0.1) is 5.82 Å². The molecule has 1 aliphatic rings. The van der Waals surface area contributed by atoms with Crippen molar-refractivity contribution >= 4 is 29.2 Å². The van der Waals surface area contributed by atoms with Gasteiger partial charge < -0.3 is 20.7 Å². The summed E-state index contributed by atoms with van der Waals surface area (Å²) in [6.45, 7) is 1.21. The fourth-order valence-corrected chi connectivity index (χ4v) is 4.11. The van der Waals surface area contributed by atoms with Crippen LogP contribution in [0.2, 0.25) is 0 Å². The number of esters is 1. The molecule has 0 unspecified atom stereocenters. The van der Waals surface area contributed by atoms with E-state index in [9.17, 15) is 18.8 Å². The number of aliphatic imine (C=N–C) groups is 1. The summed E-state index contributed by atoms with van der Waals surface area (Å²) in [4.78, 5) is 44.0. The highest BCUT2D eigenvalue weighted by Gasteiger charge is 2.34. The van der Waals surface area contributed by atoms with Gasteiger partial charge in [-0.25, -0.2) is 9.38 Å². The summed E-state index contributed by atoms with van der Waals surface area (Å²) >= 11 is 0. The van der Waals surface area contributed by atoms with Gasteiger partial charge >= 0.3 is 5.97 Å². The Kier molecular flexibility index (Phi) is 8.05. The second-order valence-corrected chi connectivity index (χ2v) is 8.51. The number of rotatable bonds is 8. The summed E-state index contributed by atoms with van der Waals surface area (Å²) < 4.78 is 20.0. The molecule has 0 fully saturated rings. The van der Waals surface area contributed by atoms with E-state index in [-0.39, 0.29) is 30.8 Å². The van der Waals surface area contributed by atoms with Gasteiger partial charge in [0.05, 0.1) is 24.0 Å². The van der Waals surface area contributed by atoms with E-state index in [4.69, 9.17) is 10.5 Å². The van der Waals surface area contributed by atoms with Crippen LogP contribution in [0.4, 0.5) is 10.1 Å². The molecule has 1 aliphatic heterocycles. The molecule has 0 radical (unpaired) electrons. The van der Waals surface area contributed by atoms with Crippen LogP contribution in [-0.4, -0.2) is 48.9 Å². The minimum Gasteiger partial charge on any atom is -0.464 e. The maximum atomic E-state index is 14.9. The average molecular weight is 503 g/mol. The molecule has 3 N–H and O–H groups in total. The number of halogens is 1. The number of hydrogen-bond acceptors (Lipinski definition) is 6. The van der Waals surface area contributed by atoms with Crippen molar-refractivity contribution in [2.75, 3.05) is 18.1 Å². The lowest BCUT2D eigenvalue weighted by Gasteiger charge is -2.25. The third-order valence-electron chi connectivity index (χ3n) is 5.87. The first-order chi connectivity index (χ1) is 17.8. The van der Waals surface area contributed by atoms with Gasteiger partial charge in [-0.05, 0) is 30.2 Å². The molecule has 9 heteroatoms. The van der Waals surface area contributed by atoms with Gasteiger partial charge in [-0.15, -0.1) is 0 Å². The topological polar surface area (TPSA) is 114 Å². The Bertz CT molecular complexity index is 1330. The van der Waals surface area contributed by atoms with E-state index in [1.54, 1.807) is 42.5 Å². The summed E-state index contributed by atoms with van der Waals surface area (Å²) in [5, 5.41) is 2.64. The molecule has 4 rings (SSSR count). The van der Waals surface area contributed by atoms with Crippen LogP contribution in [0.3, 0.4) is 0 Å². The Labute approximate surface area is 213 Å². The molecule has 37 heavy (non-hydrogen) atoms. The molecule has 1 heterocycles. The summed E-state index contributed by atoms with van der Waals surface area (Å²) in [5.74, 6) is -2.16. The molecule has 3 aromatic rings. The Morgan fingerprint density at radius 3 is 2.38 bits per heavy atom. The van der Waals surface area contributed by atoms with Crippen molar-refractivity contribution in [3.05, 3.63) is 101 Å². The van der Waals surface area contributed by atoms with E-state index >= 15 is 0 Å². The third-order valence-corrected chi connectivity index (χ3v) is 5.87. The van der Waals surface area contributed by atoms with Gasteiger partial charge in [-0.3, -0.25) is 14.4 Å². The fourth-order valence-electron chi connectivity index (χ4n) is 4.11. The average Bonchev–Trinajstić information content (AvgIpc) is 3.00. The van der Waals surface area contributed by atoms with Crippen LogP contribution in [0.5, 0.6) is 0 Å². The lowest BCUT2D eigenvalue weighted by Crippen LogP contribution is -2.52. The summed E-state index contributed by atoms with van der Waals surface area (Å²) in [7, 11) is 0. The van der Waals surface area contributed by atoms with E-state index in [1.807, 2.05) is 30.3 Å². The van der Waals surface area contributed by atoms with Gasteiger partial charge in [0.2, 0.25) is 12.1 Å². The molecular weight excluding hydrogens is 475 g/mol. The van der Waals surface area contributed by atoms with Gasteiger partial charge in [0.25, 0.3) is 5.91 Å². The van der Waals surface area contributed by atoms with E-state index in [1.165, 1.54) is 17.9 Å². The number of nitrogens with zero attached hydrogens (tertiary/aromatic N) is 2. The molecular formula is C28H27FN4O4. The van der Waals surface area contributed by atoms with Gasteiger partial charge in [-0.2, -0.15) is 0 Å². The maximum Gasteiger partial charge on any atom is 0.302 e. The van der Waals surface area contributed by atoms with Crippen LogP contribution < -0.4 is 16.0 Å². The number of benzene rings is 3. The van der Waals surface area contributed by atoms with E-state index in [2.05, 4.69) is 10.3 Å². The number of fused-ring (bicyclic) bond motifs is 1. The molecule has 2 amide bonds. The Morgan fingerprint density at radius 1 is 1.03 bits per heavy atom. The smallest absolute Gasteiger partial charge is 0.302 e. The summed E-state index contributed by atoms with van der Waals surface area (Å²) in [6, 6.07) is 21.3. The molecule has 0 saturated carbocycles. The van der Waals surface area contributed by atoms with Crippen LogP contribution in [0.15, 0.2) is 83.9 Å². The minimum atomic E-state index is -1.38. The van der Waals surface area contributed by atoms with Gasteiger partial charge in [-0.1, -0.05) is 60.7 Å². The maximum absolute atomic E-state index is 14.9. The number of anilines is 1. The van der Waals surface area contributed by atoms with Crippen molar-refractivity contribution < 1.29 is 23.5 Å². The molecule has 190 valence electrons. The quantitative estimate of drug-likeness (QED) is 0.460. The van der Waals surface area contributed by atoms with Gasteiger partial charge in [0.1, 0.15) is 12.4 Å². The number of carbonyl (C=O) groups is 3. The fraction of sp³-hybridized carbons (Fsp3) is 0.214. The molecule has 0 bridgehead atoms. The number of hydrogen-bond donors (Lipinski definition) is 2. The van der Waals surface area contributed by atoms with Crippen molar-refractivity contribution in [1.29, 1.82) is 0 Å². The number of nitrogens with one attached hydrogen (secondary N) is 1. The van der Waals surface area contributed by atoms with Crippen molar-refractivity contribution in [2.24, 2.45) is 10.7 Å². The molecule has 0 aromatic heterocycles. The second-order valence-electron chi connectivity index (χ2n) is 8.51. The Morgan fingerprint density at radius 2 is 1.68 bits per heavy atom. The second kappa shape index (κ2) is 11.6. The number of ether oxygens (including phenoxy) is 1. The molecule has 0 saturated heterocycles. The van der Waals surface area contributed by atoms with E-state index in [0.29, 0.717) is 11.3 Å². The monoisotopic (exact) mass is 502 g/mol. The zero-order valence-corrected chi connectivity index (χ0v) is 20.3. The van der Waals surface area contributed by atoms with E-state index < -0.39 is 35.8 Å². The number of nitrogens with two attached hydrogens (primary N) is 1. The normalized spacial score (nSPS) is 15.8. The van der Waals surface area contributed by atoms with Crippen LogP contribution >= 0.6 is 0 Å². The van der Waals surface area contributed by atoms with Crippen LogP contribution in [0.25, 0.3) is 0 Å².